The molecular formula is C46H44N10O. The Morgan fingerprint density at radius 3 is 1.58 bits per heavy atom. The van der Waals surface area contributed by atoms with Crippen LogP contribution < -0.4 is 5.73 Å². The highest BCUT2D eigenvalue weighted by Crippen LogP contribution is 2.33. The zero-order chi connectivity index (χ0) is 40.4. The van der Waals surface area contributed by atoms with Crippen molar-refractivity contribution in [3.8, 4) is 34.2 Å². The number of aryl methyl sites for hydroxylation is 2. The summed E-state index contributed by atoms with van der Waals surface area (Å²) in [6.45, 7) is 19.9. The Bertz CT molecular complexity index is 2850. The average Bonchev–Trinajstić information content (AvgIpc) is 3.85. The molecule has 1 atom stereocenters. The molecule has 8 rings (SSSR count). The van der Waals surface area contributed by atoms with Gasteiger partial charge in [0.1, 0.15) is 5.71 Å². The molecule has 0 bridgehead atoms. The minimum absolute atomic E-state index is 0.119. The summed E-state index contributed by atoms with van der Waals surface area (Å²) in [5.74, 6) is 1.55. The van der Waals surface area contributed by atoms with Crippen LogP contribution in [-0.4, -0.2) is 50.4 Å². The number of aromatic nitrogens is 8. The molecule has 0 saturated carbocycles. The summed E-state index contributed by atoms with van der Waals surface area (Å²) in [6.07, 6.45) is 3.72. The van der Waals surface area contributed by atoms with Gasteiger partial charge in [0, 0.05) is 39.3 Å². The van der Waals surface area contributed by atoms with Crippen molar-refractivity contribution >= 4 is 38.7 Å². The first-order chi connectivity index (χ1) is 27.4. The summed E-state index contributed by atoms with van der Waals surface area (Å²) in [7, 11) is 0. The standard InChI is InChI=1S/C23H21N5O.C23H23N5/c1-14(2)18-11-17(21-9-6-8-20(26-21)16(4)27-29)12-22-19(18)13-24-28(22)23-10-5-7-15(3)25-23;1-14(2)18-11-17(21-9-6-8-20(27-21)16(4)24)12-22-19(18)13-25-28(22)23-10-5-7-15(3)26-23/h5-13,29H,1H2,2-4H3;5-13,16H,1,24H2,2-4H3/b27-16-;. The van der Waals surface area contributed by atoms with E-state index in [4.69, 9.17) is 15.9 Å². The van der Waals surface area contributed by atoms with Crippen LogP contribution >= 0.6 is 0 Å². The second-order valence-electron chi connectivity index (χ2n) is 14.2. The van der Waals surface area contributed by atoms with Gasteiger partial charge < -0.3 is 10.9 Å². The summed E-state index contributed by atoms with van der Waals surface area (Å²) in [5.41, 5.74) is 19.3. The summed E-state index contributed by atoms with van der Waals surface area (Å²) >= 11 is 0. The highest BCUT2D eigenvalue weighted by molar-refractivity contribution is 5.98. The third-order valence-electron chi connectivity index (χ3n) is 9.58. The molecule has 57 heavy (non-hydrogen) atoms. The topological polar surface area (TPSA) is 146 Å². The molecule has 284 valence electrons. The van der Waals surface area contributed by atoms with E-state index in [1.807, 2.05) is 129 Å². The molecule has 0 fully saturated rings. The lowest BCUT2D eigenvalue weighted by atomic mass is 9.99. The maximum Gasteiger partial charge on any atom is 0.154 e. The zero-order valence-corrected chi connectivity index (χ0v) is 32.9. The molecule has 0 saturated heterocycles. The van der Waals surface area contributed by atoms with Gasteiger partial charge in [-0.25, -0.2) is 24.3 Å². The lowest BCUT2D eigenvalue weighted by molar-refractivity contribution is 0.319. The van der Waals surface area contributed by atoms with E-state index in [1.54, 1.807) is 6.92 Å². The minimum Gasteiger partial charge on any atom is -0.411 e. The molecule has 2 aromatic carbocycles. The van der Waals surface area contributed by atoms with Crippen molar-refractivity contribution in [2.45, 2.75) is 47.6 Å². The van der Waals surface area contributed by atoms with Crippen molar-refractivity contribution in [2.75, 3.05) is 0 Å². The first-order valence-electron chi connectivity index (χ1n) is 18.5. The van der Waals surface area contributed by atoms with Crippen molar-refractivity contribution < 1.29 is 5.21 Å². The van der Waals surface area contributed by atoms with Crippen LogP contribution in [0.15, 0.2) is 128 Å². The Kier molecular flexibility index (Phi) is 10.7. The molecule has 0 aliphatic carbocycles. The van der Waals surface area contributed by atoms with Crippen molar-refractivity contribution in [3.05, 3.63) is 157 Å². The maximum atomic E-state index is 9.08. The van der Waals surface area contributed by atoms with Gasteiger partial charge in [-0.15, -0.1) is 0 Å². The van der Waals surface area contributed by atoms with Crippen molar-refractivity contribution in [1.82, 2.24) is 39.5 Å². The van der Waals surface area contributed by atoms with Crippen LogP contribution in [0.1, 0.15) is 67.6 Å². The molecule has 0 aliphatic rings. The zero-order valence-electron chi connectivity index (χ0n) is 32.9. The van der Waals surface area contributed by atoms with E-state index in [2.05, 4.69) is 67.7 Å². The van der Waals surface area contributed by atoms with Crippen molar-refractivity contribution in [3.63, 3.8) is 0 Å². The molecule has 11 heteroatoms. The number of benzene rings is 2. The molecule has 6 aromatic heterocycles. The molecule has 11 nitrogen and oxygen atoms in total. The van der Waals surface area contributed by atoms with Gasteiger partial charge in [-0.1, -0.05) is 53.7 Å². The number of hydrogen-bond acceptors (Lipinski definition) is 9. The van der Waals surface area contributed by atoms with Crippen LogP contribution in [0, 0.1) is 13.8 Å². The SMILES string of the molecule is C=C(C)c1cc(-c2cccc(/C(C)=N\O)n2)cc2c1cnn2-c1cccc(C)n1.C=C(C)c1cc(-c2cccc(C(C)N)n2)cc2c1cnn2-c1cccc(C)n1. The van der Waals surface area contributed by atoms with Crippen LogP contribution in [0.4, 0.5) is 0 Å². The van der Waals surface area contributed by atoms with E-state index in [0.717, 1.165) is 95.3 Å². The summed E-state index contributed by atoms with van der Waals surface area (Å²) in [6, 6.07) is 31.6. The Labute approximate surface area is 331 Å². The number of pyridine rings is 4. The fourth-order valence-corrected chi connectivity index (χ4v) is 6.63. The number of nitrogens with two attached hydrogens (primary N) is 1. The highest BCUT2D eigenvalue weighted by Gasteiger charge is 2.16. The third-order valence-corrected chi connectivity index (χ3v) is 9.58. The lowest BCUT2D eigenvalue weighted by Gasteiger charge is -2.11. The number of hydrogen-bond donors (Lipinski definition) is 2. The largest absolute Gasteiger partial charge is 0.411 e. The maximum absolute atomic E-state index is 9.08. The van der Waals surface area contributed by atoms with Gasteiger partial charge in [-0.05, 0) is 125 Å². The number of oxime groups is 1. The number of allylic oxidation sites excluding steroid dienone is 2. The molecular weight excluding hydrogens is 709 g/mol. The number of rotatable bonds is 8. The molecule has 1 unspecified atom stereocenters. The summed E-state index contributed by atoms with van der Waals surface area (Å²) in [4.78, 5) is 18.6. The normalized spacial score (nSPS) is 12.0. The third kappa shape index (κ3) is 7.87. The molecule has 8 aromatic rings. The summed E-state index contributed by atoms with van der Waals surface area (Å²) in [5, 5.41) is 23.6. The predicted molar refractivity (Wildman–Crippen MR) is 230 cm³/mol. The van der Waals surface area contributed by atoms with Crippen LogP contribution in [0.5, 0.6) is 0 Å². The van der Waals surface area contributed by atoms with E-state index in [9.17, 15) is 0 Å². The Hall–Kier alpha value is -7.11. The molecule has 0 aliphatic heterocycles. The molecule has 6 heterocycles. The smallest absolute Gasteiger partial charge is 0.154 e. The fraction of sp³-hybridized carbons (Fsp3) is 0.152. The Morgan fingerprint density at radius 1 is 0.649 bits per heavy atom. The van der Waals surface area contributed by atoms with Gasteiger partial charge in [-0.3, -0.25) is 4.98 Å². The second kappa shape index (κ2) is 15.9. The van der Waals surface area contributed by atoms with E-state index in [-0.39, 0.29) is 6.04 Å². The van der Waals surface area contributed by atoms with Crippen LogP contribution in [0.3, 0.4) is 0 Å². The Morgan fingerprint density at radius 2 is 1.12 bits per heavy atom. The van der Waals surface area contributed by atoms with Crippen LogP contribution in [-0.2, 0) is 0 Å². The monoisotopic (exact) mass is 752 g/mol. The highest BCUT2D eigenvalue weighted by atomic mass is 16.4. The van der Waals surface area contributed by atoms with Gasteiger partial charge in [0.25, 0.3) is 0 Å². The summed E-state index contributed by atoms with van der Waals surface area (Å²) < 4.78 is 3.70. The quantitative estimate of drug-likeness (QED) is 0.0886. The minimum atomic E-state index is -0.119. The van der Waals surface area contributed by atoms with Crippen molar-refractivity contribution in [1.29, 1.82) is 0 Å². The first-order valence-corrected chi connectivity index (χ1v) is 18.5. The Balaban J connectivity index is 0.000000174. The van der Waals surface area contributed by atoms with Gasteiger partial charge >= 0.3 is 0 Å². The first kappa shape index (κ1) is 38.2. The van der Waals surface area contributed by atoms with Gasteiger partial charge in [-0.2, -0.15) is 10.2 Å². The van der Waals surface area contributed by atoms with E-state index in [0.29, 0.717) is 11.4 Å². The fourth-order valence-electron chi connectivity index (χ4n) is 6.63. The average molecular weight is 753 g/mol. The van der Waals surface area contributed by atoms with E-state index >= 15 is 0 Å². The predicted octanol–water partition coefficient (Wildman–Crippen LogP) is 9.87. The molecule has 0 amide bonds. The molecule has 0 spiro atoms. The lowest BCUT2D eigenvalue weighted by Crippen LogP contribution is -2.07. The van der Waals surface area contributed by atoms with Gasteiger partial charge in [0.05, 0.1) is 46.2 Å². The molecule has 3 N–H and O–H groups in total. The number of fused-ring (bicyclic) bond motifs is 2. The van der Waals surface area contributed by atoms with Gasteiger partial charge in [0.15, 0.2) is 11.6 Å². The van der Waals surface area contributed by atoms with Gasteiger partial charge in [0.2, 0.25) is 0 Å². The molecule has 0 radical (unpaired) electrons. The van der Waals surface area contributed by atoms with E-state index in [1.165, 1.54) is 0 Å². The number of nitrogens with zero attached hydrogens (tertiary/aromatic N) is 9. The van der Waals surface area contributed by atoms with Crippen molar-refractivity contribution in [2.24, 2.45) is 10.9 Å². The van der Waals surface area contributed by atoms with Crippen LogP contribution in [0.25, 0.3) is 67.1 Å². The van der Waals surface area contributed by atoms with E-state index < -0.39 is 0 Å². The second-order valence-corrected chi connectivity index (χ2v) is 14.2. The van der Waals surface area contributed by atoms with Crippen LogP contribution in [0.2, 0.25) is 0 Å².